The summed E-state index contributed by atoms with van der Waals surface area (Å²) < 4.78 is 10.1. The highest BCUT2D eigenvalue weighted by atomic mass is 16.5. The lowest BCUT2D eigenvalue weighted by Gasteiger charge is -2.15. The first-order valence-electron chi connectivity index (χ1n) is 5.76. The number of benzene rings is 1. The third-order valence-corrected chi connectivity index (χ3v) is 3.09. The van der Waals surface area contributed by atoms with Crippen LogP contribution in [-0.4, -0.2) is 26.7 Å². The van der Waals surface area contributed by atoms with E-state index in [4.69, 9.17) is 9.47 Å². The lowest BCUT2D eigenvalue weighted by Crippen LogP contribution is -2.15. The van der Waals surface area contributed by atoms with Crippen LogP contribution in [0.2, 0.25) is 0 Å². The molecule has 2 rings (SSSR count). The minimum absolute atomic E-state index is 0.273. The predicted molar refractivity (Wildman–Crippen MR) is 64.3 cm³/mol. The summed E-state index contributed by atoms with van der Waals surface area (Å²) in [4.78, 5) is 11.5. The molecule has 1 fully saturated rings. The fourth-order valence-corrected chi connectivity index (χ4v) is 2.20. The van der Waals surface area contributed by atoms with Crippen molar-refractivity contribution in [2.75, 3.05) is 20.8 Å². The molecule has 0 unspecified atom stereocenters. The third kappa shape index (κ3) is 2.42. The first-order chi connectivity index (χ1) is 8.26. The summed E-state index contributed by atoms with van der Waals surface area (Å²) in [6, 6.07) is 5.67. The van der Waals surface area contributed by atoms with E-state index in [1.165, 1.54) is 7.11 Å². The molecule has 1 heterocycles. The molecule has 0 spiro atoms. The average molecular weight is 235 g/mol. The number of nitrogens with one attached hydrogen (secondary N) is 1. The molecule has 1 aromatic carbocycles. The van der Waals surface area contributed by atoms with Gasteiger partial charge in [0.2, 0.25) is 0 Å². The number of esters is 1. The van der Waals surface area contributed by atoms with Crippen molar-refractivity contribution in [3.8, 4) is 5.75 Å². The zero-order valence-electron chi connectivity index (χ0n) is 10.2. The molecular formula is C13H17NO3. The Balaban J connectivity index is 2.35. The Labute approximate surface area is 101 Å². The lowest BCUT2D eigenvalue weighted by atomic mass is 10.0. The van der Waals surface area contributed by atoms with Gasteiger partial charge in [0.05, 0.1) is 19.8 Å². The standard InChI is InChI=1S/C13H17NO3/c1-16-12-6-5-9(13(15)17-2)8-10(12)11-4-3-7-14-11/h5-6,8,11,14H,3-4,7H2,1-2H3/t11-/m1/s1. The van der Waals surface area contributed by atoms with Gasteiger partial charge in [0.1, 0.15) is 5.75 Å². The Morgan fingerprint density at radius 3 is 2.82 bits per heavy atom. The largest absolute Gasteiger partial charge is 0.496 e. The second kappa shape index (κ2) is 5.19. The van der Waals surface area contributed by atoms with E-state index in [0.29, 0.717) is 5.56 Å². The van der Waals surface area contributed by atoms with Crippen LogP contribution in [0.4, 0.5) is 0 Å². The molecule has 0 aromatic heterocycles. The van der Waals surface area contributed by atoms with E-state index >= 15 is 0 Å². The number of carbonyl (C=O) groups is 1. The zero-order chi connectivity index (χ0) is 12.3. The normalized spacial score (nSPS) is 19.1. The topological polar surface area (TPSA) is 47.6 Å². The van der Waals surface area contributed by atoms with Gasteiger partial charge in [-0.15, -0.1) is 0 Å². The summed E-state index contributed by atoms with van der Waals surface area (Å²) >= 11 is 0. The average Bonchev–Trinajstić information content (AvgIpc) is 2.90. The van der Waals surface area contributed by atoms with Crippen molar-refractivity contribution in [3.05, 3.63) is 29.3 Å². The molecule has 0 amide bonds. The van der Waals surface area contributed by atoms with Crippen LogP contribution in [0.5, 0.6) is 5.75 Å². The zero-order valence-corrected chi connectivity index (χ0v) is 10.2. The van der Waals surface area contributed by atoms with Gasteiger partial charge in [0.15, 0.2) is 0 Å². The van der Waals surface area contributed by atoms with E-state index in [1.807, 2.05) is 12.1 Å². The van der Waals surface area contributed by atoms with E-state index in [2.05, 4.69) is 5.32 Å². The summed E-state index contributed by atoms with van der Waals surface area (Å²) in [5.74, 6) is 0.504. The Hall–Kier alpha value is -1.55. The minimum Gasteiger partial charge on any atom is -0.496 e. The summed E-state index contributed by atoms with van der Waals surface area (Å²) in [5.41, 5.74) is 1.60. The van der Waals surface area contributed by atoms with Crippen LogP contribution in [0, 0.1) is 0 Å². The van der Waals surface area contributed by atoms with E-state index in [1.54, 1.807) is 13.2 Å². The third-order valence-electron chi connectivity index (χ3n) is 3.09. The summed E-state index contributed by atoms with van der Waals surface area (Å²) in [5, 5.41) is 3.40. The highest BCUT2D eigenvalue weighted by Gasteiger charge is 2.21. The molecule has 1 N–H and O–H groups in total. The van der Waals surface area contributed by atoms with E-state index < -0.39 is 0 Å². The van der Waals surface area contributed by atoms with Gasteiger partial charge in [-0.3, -0.25) is 0 Å². The van der Waals surface area contributed by atoms with Crippen molar-refractivity contribution < 1.29 is 14.3 Å². The summed E-state index contributed by atoms with van der Waals surface area (Å²) in [6.07, 6.45) is 2.22. The van der Waals surface area contributed by atoms with Crippen LogP contribution >= 0.6 is 0 Å². The van der Waals surface area contributed by atoms with Crippen LogP contribution < -0.4 is 10.1 Å². The van der Waals surface area contributed by atoms with Crippen molar-refractivity contribution in [2.24, 2.45) is 0 Å². The van der Waals surface area contributed by atoms with Gasteiger partial charge in [-0.2, -0.15) is 0 Å². The molecule has 4 heteroatoms. The Kier molecular flexibility index (Phi) is 3.64. The maximum atomic E-state index is 11.5. The molecule has 1 saturated heterocycles. The molecule has 1 aliphatic heterocycles. The van der Waals surface area contributed by atoms with Crippen LogP contribution in [0.15, 0.2) is 18.2 Å². The van der Waals surface area contributed by atoms with Crippen LogP contribution in [0.1, 0.15) is 34.8 Å². The maximum absolute atomic E-state index is 11.5. The number of carbonyl (C=O) groups excluding carboxylic acids is 1. The second-order valence-electron chi connectivity index (χ2n) is 4.10. The van der Waals surface area contributed by atoms with Crippen molar-refractivity contribution >= 4 is 5.97 Å². The van der Waals surface area contributed by atoms with E-state index in [0.717, 1.165) is 30.7 Å². The smallest absolute Gasteiger partial charge is 0.337 e. The molecule has 1 aliphatic rings. The number of methoxy groups -OCH3 is 2. The van der Waals surface area contributed by atoms with Crippen molar-refractivity contribution in [2.45, 2.75) is 18.9 Å². The Bertz CT molecular complexity index is 411. The molecule has 0 saturated carbocycles. The number of hydrogen-bond donors (Lipinski definition) is 1. The van der Waals surface area contributed by atoms with Gasteiger partial charge in [-0.25, -0.2) is 4.79 Å². The molecule has 92 valence electrons. The Morgan fingerprint density at radius 2 is 2.24 bits per heavy atom. The highest BCUT2D eigenvalue weighted by molar-refractivity contribution is 5.89. The molecule has 1 atom stereocenters. The van der Waals surface area contributed by atoms with Gasteiger partial charge >= 0.3 is 5.97 Å². The van der Waals surface area contributed by atoms with Crippen molar-refractivity contribution in [1.82, 2.24) is 5.32 Å². The monoisotopic (exact) mass is 235 g/mol. The molecule has 1 aromatic rings. The maximum Gasteiger partial charge on any atom is 0.337 e. The van der Waals surface area contributed by atoms with Gasteiger partial charge in [-0.1, -0.05) is 0 Å². The number of ether oxygens (including phenoxy) is 2. The van der Waals surface area contributed by atoms with Gasteiger partial charge in [0.25, 0.3) is 0 Å². The fraction of sp³-hybridized carbons (Fsp3) is 0.462. The van der Waals surface area contributed by atoms with Crippen LogP contribution in [0.3, 0.4) is 0 Å². The lowest BCUT2D eigenvalue weighted by molar-refractivity contribution is 0.0600. The molecule has 4 nitrogen and oxygen atoms in total. The quantitative estimate of drug-likeness (QED) is 0.813. The van der Waals surface area contributed by atoms with Crippen molar-refractivity contribution in [3.63, 3.8) is 0 Å². The molecule has 0 aliphatic carbocycles. The molecule has 0 radical (unpaired) electrons. The summed E-state index contributed by atoms with van der Waals surface area (Å²) in [6.45, 7) is 1.01. The fourth-order valence-electron chi connectivity index (χ4n) is 2.20. The van der Waals surface area contributed by atoms with Gasteiger partial charge < -0.3 is 14.8 Å². The molecule has 17 heavy (non-hydrogen) atoms. The van der Waals surface area contributed by atoms with Crippen molar-refractivity contribution in [1.29, 1.82) is 0 Å². The van der Waals surface area contributed by atoms with E-state index in [9.17, 15) is 4.79 Å². The molecule has 0 bridgehead atoms. The van der Waals surface area contributed by atoms with E-state index in [-0.39, 0.29) is 12.0 Å². The van der Waals surface area contributed by atoms with Gasteiger partial charge in [0, 0.05) is 11.6 Å². The second-order valence-corrected chi connectivity index (χ2v) is 4.10. The summed E-state index contributed by atoms with van der Waals surface area (Å²) in [7, 11) is 3.03. The highest BCUT2D eigenvalue weighted by Crippen LogP contribution is 2.31. The van der Waals surface area contributed by atoms with Crippen LogP contribution in [-0.2, 0) is 4.74 Å². The first-order valence-corrected chi connectivity index (χ1v) is 5.76. The Morgan fingerprint density at radius 1 is 1.41 bits per heavy atom. The predicted octanol–water partition coefficient (Wildman–Crippen LogP) is 1.91. The molecular weight excluding hydrogens is 218 g/mol. The number of hydrogen-bond acceptors (Lipinski definition) is 4. The van der Waals surface area contributed by atoms with Gasteiger partial charge in [-0.05, 0) is 37.6 Å². The number of rotatable bonds is 3. The SMILES string of the molecule is COC(=O)c1ccc(OC)c([C@H]2CCCN2)c1. The first kappa shape index (κ1) is 11.9. The van der Waals surface area contributed by atoms with Crippen LogP contribution in [0.25, 0.3) is 0 Å². The minimum atomic E-state index is -0.313.